The molecule has 0 aliphatic heterocycles. The summed E-state index contributed by atoms with van der Waals surface area (Å²) in [6, 6.07) is 8.59. The van der Waals surface area contributed by atoms with Crippen molar-refractivity contribution in [2.24, 2.45) is 0 Å². The first kappa shape index (κ1) is 20.5. The second-order valence-electron chi connectivity index (χ2n) is 8.84. The van der Waals surface area contributed by atoms with E-state index in [2.05, 4.69) is 37.8 Å². The van der Waals surface area contributed by atoms with Gasteiger partial charge in [-0.15, -0.1) is 0 Å². The lowest BCUT2D eigenvalue weighted by Gasteiger charge is -2.42. The molecular formula is C25H32N2OS. The number of thioether (sulfide) groups is 1. The molecule has 0 amide bonds. The minimum Gasteiger partial charge on any atom is -0.283 e. The monoisotopic (exact) mass is 408 g/mol. The van der Waals surface area contributed by atoms with Crippen molar-refractivity contribution in [1.82, 2.24) is 9.55 Å². The first-order valence-electron chi connectivity index (χ1n) is 11.1. The fraction of sp³-hybridized carbons (Fsp3) is 0.520. The zero-order chi connectivity index (χ0) is 20.4. The minimum atomic E-state index is -0.0462. The molecule has 0 bridgehead atoms. The van der Waals surface area contributed by atoms with Crippen LogP contribution in [-0.4, -0.2) is 15.3 Å². The maximum Gasteiger partial charge on any atom is 0.258 e. The molecule has 154 valence electrons. The van der Waals surface area contributed by atoms with Crippen molar-refractivity contribution in [3.8, 4) is 11.3 Å². The normalized spacial score (nSPS) is 17.0. The zero-order valence-electron chi connectivity index (χ0n) is 17.8. The van der Waals surface area contributed by atoms with E-state index in [1.54, 1.807) is 11.8 Å². The van der Waals surface area contributed by atoms with Gasteiger partial charge in [-0.05, 0) is 38.2 Å². The van der Waals surface area contributed by atoms with Crippen LogP contribution < -0.4 is 5.56 Å². The van der Waals surface area contributed by atoms with Crippen LogP contribution in [0.25, 0.3) is 11.3 Å². The van der Waals surface area contributed by atoms with E-state index in [-0.39, 0.29) is 11.0 Å². The number of benzene rings is 1. The van der Waals surface area contributed by atoms with Crippen LogP contribution in [0.15, 0.2) is 46.4 Å². The Morgan fingerprint density at radius 3 is 2.72 bits per heavy atom. The number of aromatic nitrogens is 2. The van der Waals surface area contributed by atoms with Gasteiger partial charge in [-0.2, -0.15) is 0 Å². The number of hydrogen-bond donors (Lipinski definition) is 0. The molecule has 2 aliphatic rings. The van der Waals surface area contributed by atoms with E-state index < -0.39 is 0 Å². The number of allylic oxidation sites excluding steroid dienone is 1. The van der Waals surface area contributed by atoms with Gasteiger partial charge in [-0.25, -0.2) is 4.98 Å². The average Bonchev–Trinajstić information content (AvgIpc) is 2.71. The second kappa shape index (κ2) is 8.51. The van der Waals surface area contributed by atoms with Crippen molar-refractivity contribution in [2.45, 2.75) is 82.3 Å². The molecule has 4 rings (SSSR count). The molecule has 2 aliphatic carbocycles. The molecule has 0 saturated heterocycles. The fourth-order valence-electron chi connectivity index (χ4n) is 5.05. The molecule has 0 unspecified atom stereocenters. The van der Waals surface area contributed by atoms with E-state index in [4.69, 9.17) is 4.98 Å². The lowest BCUT2D eigenvalue weighted by Crippen LogP contribution is -2.43. The summed E-state index contributed by atoms with van der Waals surface area (Å²) >= 11 is 1.72. The summed E-state index contributed by atoms with van der Waals surface area (Å²) in [6.45, 7) is 8.84. The molecular weight excluding hydrogens is 376 g/mol. The highest BCUT2D eigenvalue weighted by atomic mass is 32.2. The van der Waals surface area contributed by atoms with Gasteiger partial charge in [-0.3, -0.25) is 9.36 Å². The molecule has 1 heterocycles. The van der Waals surface area contributed by atoms with E-state index in [0.717, 1.165) is 65.4 Å². The van der Waals surface area contributed by atoms with Crippen molar-refractivity contribution < 1.29 is 0 Å². The van der Waals surface area contributed by atoms with Gasteiger partial charge in [0.05, 0.1) is 11.3 Å². The Balaban J connectivity index is 1.94. The van der Waals surface area contributed by atoms with Crippen LogP contribution in [0.3, 0.4) is 0 Å². The third-order valence-corrected chi connectivity index (χ3v) is 7.50. The Morgan fingerprint density at radius 1 is 1.24 bits per heavy atom. The van der Waals surface area contributed by atoms with E-state index >= 15 is 0 Å². The Labute approximate surface area is 178 Å². The third-order valence-electron chi connectivity index (χ3n) is 6.43. The second-order valence-corrected chi connectivity index (χ2v) is 9.91. The highest BCUT2D eigenvalue weighted by Crippen LogP contribution is 2.48. The van der Waals surface area contributed by atoms with Crippen LogP contribution in [-0.2, 0) is 18.4 Å². The Bertz CT molecular complexity index is 969. The largest absolute Gasteiger partial charge is 0.283 e. The molecule has 4 heteroatoms. The number of fused-ring (bicyclic) bond motifs is 4. The van der Waals surface area contributed by atoms with Crippen LogP contribution in [0, 0.1) is 0 Å². The van der Waals surface area contributed by atoms with Crippen molar-refractivity contribution in [3.05, 3.63) is 57.9 Å². The van der Waals surface area contributed by atoms with Gasteiger partial charge < -0.3 is 0 Å². The van der Waals surface area contributed by atoms with Gasteiger partial charge in [-0.1, -0.05) is 80.8 Å². The molecule has 0 radical (unpaired) electrons. The maximum absolute atomic E-state index is 14.0. The average molecular weight is 409 g/mol. The number of nitrogens with zero attached hydrogens (tertiary/aromatic N) is 2. The van der Waals surface area contributed by atoms with Gasteiger partial charge in [0.15, 0.2) is 5.16 Å². The number of hydrogen-bond acceptors (Lipinski definition) is 3. The van der Waals surface area contributed by atoms with Crippen LogP contribution in [0.5, 0.6) is 0 Å². The summed E-state index contributed by atoms with van der Waals surface area (Å²) in [7, 11) is 0. The molecule has 2 aromatic rings. The molecule has 3 nitrogen and oxygen atoms in total. The topological polar surface area (TPSA) is 34.9 Å². The molecule has 1 fully saturated rings. The Hall–Kier alpha value is -1.81. The molecule has 29 heavy (non-hydrogen) atoms. The first-order valence-corrected chi connectivity index (χ1v) is 12.0. The van der Waals surface area contributed by atoms with Crippen LogP contribution in [0.2, 0.25) is 0 Å². The van der Waals surface area contributed by atoms with Crippen molar-refractivity contribution in [1.29, 1.82) is 0 Å². The van der Waals surface area contributed by atoms with Crippen molar-refractivity contribution in [3.63, 3.8) is 0 Å². The fourth-order valence-corrected chi connectivity index (χ4v) is 6.12. The quantitative estimate of drug-likeness (QED) is 0.249. The predicted molar refractivity (Wildman–Crippen MR) is 123 cm³/mol. The van der Waals surface area contributed by atoms with E-state index in [9.17, 15) is 4.79 Å². The smallest absolute Gasteiger partial charge is 0.258 e. The van der Waals surface area contributed by atoms with E-state index in [1.165, 1.54) is 24.8 Å². The van der Waals surface area contributed by atoms with Crippen LogP contribution >= 0.6 is 11.8 Å². The summed E-state index contributed by atoms with van der Waals surface area (Å²) in [4.78, 5) is 19.1. The van der Waals surface area contributed by atoms with Gasteiger partial charge in [0.25, 0.3) is 5.56 Å². The SMILES string of the molecule is C=C(C)Cn1c(SCCCC)nc2c(c1=O)C1(CCCCC1)Cc1ccccc1-2. The summed E-state index contributed by atoms with van der Waals surface area (Å²) in [6.07, 6.45) is 9.13. The number of rotatable bonds is 6. The highest BCUT2D eigenvalue weighted by Gasteiger charge is 2.43. The van der Waals surface area contributed by atoms with E-state index in [0.29, 0.717) is 6.54 Å². The van der Waals surface area contributed by atoms with Crippen molar-refractivity contribution in [2.75, 3.05) is 5.75 Å². The van der Waals surface area contributed by atoms with Crippen molar-refractivity contribution >= 4 is 11.8 Å². The van der Waals surface area contributed by atoms with Gasteiger partial charge in [0.1, 0.15) is 0 Å². The zero-order valence-corrected chi connectivity index (χ0v) is 18.6. The molecule has 1 saturated carbocycles. The minimum absolute atomic E-state index is 0.0462. The molecule has 0 atom stereocenters. The molecule has 1 aromatic heterocycles. The Kier molecular flexibility index (Phi) is 6.00. The maximum atomic E-state index is 14.0. The predicted octanol–water partition coefficient (Wildman–Crippen LogP) is 6.14. The molecule has 1 spiro atoms. The van der Waals surface area contributed by atoms with Gasteiger partial charge >= 0.3 is 0 Å². The van der Waals surface area contributed by atoms with Gasteiger partial charge in [0, 0.05) is 23.3 Å². The molecule has 0 N–H and O–H groups in total. The lowest BCUT2D eigenvalue weighted by atomic mass is 9.62. The standard InChI is InChI=1S/C25H32N2OS/c1-4-5-15-29-24-26-22-20-12-8-7-11-19(20)16-25(13-9-6-10-14-25)21(22)23(28)27(24)17-18(2)3/h7-8,11-12H,2,4-6,9-10,13-17H2,1,3H3. The summed E-state index contributed by atoms with van der Waals surface area (Å²) in [5.74, 6) is 0.991. The Morgan fingerprint density at radius 2 is 2.00 bits per heavy atom. The van der Waals surface area contributed by atoms with Gasteiger partial charge in [0.2, 0.25) is 0 Å². The van der Waals surface area contributed by atoms with Crippen LogP contribution in [0.4, 0.5) is 0 Å². The number of unbranched alkanes of at least 4 members (excludes halogenated alkanes) is 1. The summed E-state index contributed by atoms with van der Waals surface area (Å²) in [5.41, 5.74) is 5.59. The van der Waals surface area contributed by atoms with Crippen LogP contribution in [0.1, 0.15) is 69.9 Å². The highest BCUT2D eigenvalue weighted by molar-refractivity contribution is 7.99. The summed E-state index contributed by atoms with van der Waals surface area (Å²) < 4.78 is 1.91. The lowest BCUT2D eigenvalue weighted by molar-refractivity contribution is 0.282. The van der Waals surface area contributed by atoms with E-state index in [1.807, 2.05) is 11.5 Å². The molecule has 1 aromatic carbocycles. The summed E-state index contributed by atoms with van der Waals surface area (Å²) in [5, 5.41) is 0.855. The third kappa shape index (κ3) is 3.84. The first-order chi connectivity index (χ1) is 14.1.